The first-order chi connectivity index (χ1) is 20.2. The Labute approximate surface area is 237 Å². The maximum atomic E-state index is 15.0. The molecule has 0 bridgehead atoms. The van der Waals surface area contributed by atoms with E-state index in [4.69, 9.17) is 0 Å². The van der Waals surface area contributed by atoms with Crippen LogP contribution in [0, 0.1) is 40.9 Å². The number of benzene rings is 5. The maximum Gasteiger partial charge on any atom is 0.458 e. The van der Waals surface area contributed by atoms with Crippen LogP contribution in [0.4, 0.5) is 43.9 Å². The fourth-order valence-electron chi connectivity index (χ4n) is 4.39. The van der Waals surface area contributed by atoms with Gasteiger partial charge < -0.3 is 4.74 Å². The highest BCUT2D eigenvalue weighted by atomic mass is 19.4. The van der Waals surface area contributed by atoms with Gasteiger partial charge in [-0.25, -0.2) is 22.0 Å². The summed E-state index contributed by atoms with van der Waals surface area (Å²) in [7, 11) is 0. The molecule has 43 heavy (non-hydrogen) atoms. The number of hydrogen-bond donors (Lipinski definition) is 0. The van der Waals surface area contributed by atoms with Crippen LogP contribution in [-0.4, -0.2) is 6.18 Å². The summed E-state index contributed by atoms with van der Waals surface area (Å²) in [6, 6.07) is 15.8. The average molecular weight is 604 g/mol. The van der Waals surface area contributed by atoms with Crippen LogP contribution in [0.25, 0.3) is 33.0 Å². The summed E-state index contributed by atoms with van der Waals surface area (Å²) in [6.07, 6.45) is -9.54. The Morgan fingerprint density at radius 1 is 0.581 bits per heavy atom. The van der Waals surface area contributed by atoms with Crippen LogP contribution in [0.15, 0.2) is 84.9 Å². The van der Waals surface area contributed by atoms with Crippen molar-refractivity contribution >= 4 is 10.8 Å². The van der Waals surface area contributed by atoms with Gasteiger partial charge in [0.1, 0.15) is 40.4 Å². The minimum atomic E-state index is -4.98. The van der Waals surface area contributed by atoms with Crippen molar-refractivity contribution in [2.75, 3.05) is 0 Å². The third-order valence-electron chi connectivity index (χ3n) is 6.30. The highest BCUT2D eigenvalue weighted by Crippen LogP contribution is 2.38. The largest absolute Gasteiger partial charge is 0.458 e. The second-order valence-corrected chi connectivity index (χ2v) is 9.17. The molecule has 0 fully saturated rings. The summed E-state index contributed by atoms with van der Waals surface area (Å²) in [4.78, 5) is 0. The molecule has 1 nitrogen and oxygen atoms in total. The topological polar surface area (TPSA) is 9.23 Å². The van der Waals surface area contributed by atoms with E-state index in [1.165, 1.54) is 18.1 Å². The van der Waals surface area contributed by atoms with Gasteiger partial charge in [-0.1, -0.05) is 48.4 Å². The van der Waals surface area contributed by atoms with Crippen LogP contribution in [0.2, 0.25) is 0 Å². The van der Waals surface area contributed by atoms with Crippen LogP contribution < -0.4 is 4.74 Å². The minimum absolute atomic E-state index is 0.00570. The van der Waals surface area contributed by atoms with Gasteiger partial charge in [-0.05, 0) is 58.5 Å². The van der Waals surface area contributed by atoms with Crippen molar-refractivity contribution in [1.82, 2.24) is 0 Å². The lowest BCUT2D eigenvalue weighted by molar-refractivity contribution is -0.189. The van der Waals surface area contributed by atoms with E-state index in [2.05, 4.69) is 4.74 Å². The Bertz CT molecular complexity index is 1900. The SMILES string of the molecule is Fc1cc(OC(F)(F)c2c(F)cc(-c3ccccc3)cc2F)ccc1-c1ccc2c(F)c(C#CC(F)(F)F)c(F)cc2c1. The van der Waals surface area contributed by atoms with E-state index in [1.54, 1.807) is 18.2 Å². The molecule has 11 heteroatoms. The summed E-state index contributed by atoms with van der Waals surface area (Å²) in [5, 5.41) is -0.458. The maximum absolute atomic E-state index is 15.0. The van der Waals surface area contributed by atoms with E-state index in [-0.39, 0.29) is 27.5 Å². The molecule has 0 spiro atoms. The summed E-state index contributed by atoms with van der Waals surface area (Å²) in [6.45, 7) is 0. The Morgan fingerprint density at radius 3 is 1.88 bits per heavy atom. The standard InChI is InChI=1S/C32H14F10O/c33-25-15-20-12-18(6-8-23(20)30(37)24(25)10-11-31(38,39)40)22-9-7-21(16-26(22)34)43-32(41,42)29-27(35)13-19(14-28(29)36)17-4-2-1-3-5-17/h1-9,12-16H. The number of fused-ring (bicyclic) bond motifs is 1. The molecular formula is C32H14F10O. The van der Waals surface area contributed by atoms with E-state index < -0.39 is 58.2 Å². The molecule has 0 aliphatic rings. The van der Waals surface area contributed by atoms with E-state index in [1.807, 2.05) is 0 Å². The average Bonchev–Trinajstić information content (AvgIpc) is 2.92. The van der Waals surface area contributed by atoms with Gasteiger partial charge >= 0.3 is 12.3 Å². The van der Waals surface area contributed by atoms with Gasteiger partial charge in [0.2, 0.25) is 0 Å². The monoisotopic (exact) mass is 604 g/mol. The fraction of sp³-hybridized carbons (Fsp3) is 0.0625. The predicted molar refractivity (Wildman–Crippen MR) is 139 cm³/mol. The fourth-order valence-corrected chi connectivity index (χ4v) is 4.39. The molecule has 5 aromatic rings. The summed E-state index contributed by atoms with van der Waals surface area (Å²) in [5.74, 6) is -5.66. The molecule has 0 amide bonds. The Morgan fingerprint density at radius 2 is 1.26 bits per heavy atom. The molecule has 0 heterocycles. The van der Waals surface area contributed by atoms with Gasteiger partial charge in [0.05, 0.1) is 5.56 Å². The molecule has 0 aromatic heterocycles. The molecule has 0 N–H and O–H groups in total. The van der Waals surface area contributed by atoms with Crippen LogP contribution >= 0.6 is 0 Å². The second-order valence-electron chi connectivity index (χ2n) is 9.17. The van der Waals surface area contributed by atoms with E-state index in [0.29, 0.717) is 29.8 Å². The first kappa shape index (κ1) is 29.5. The number of rotatable bonds is 5. The zero-order valence-corrected chi connectivity index (χ0v) is 21.3. The zero-order valence-electron chi connectivity index (χ0n) is 21.3. The van der Waals surface area contributed by atoms with Crippen molar-refractivity contribution in [3.05, 3.63) is 125 Å². The van der Waals surface area contributed by atoms with Gasteiger partial charge in [0, 0.05) is 22.9 Å². The first-order valence-corrected chi connectivity index (χ1v) is 12.2. The summed E-state index contributed by atoms with van der Waals surface area (Å²) >= 11 is 0. The smallest absolute Gasteiger partial charge is 0.429 e. The van der Waals surface area contributed by atoms with Crippen molar-refractivity contribution in [2.45, 2.75) is 12.3 Å². The molecular weight excluding hydrogens is 590 g/mol. The molecule has 5 rings (SSSR count). The number of halogens is 10. The van der Waals surface area contributed by atoms with Gasteiger partial charge in [-0.15, -0.1) is 0 Å². The third kappa shape index (κ3) is 6.14. The molecule has 0 radical (unpaired) electrons. The molecule has 218 valence electrons. The van der Waals surface area contributed by atoms with Crippen molar-refractivity contribution in [3.8, 4) is 39.8 Å². The lowest BCUT2D eigenvalue weighted by atomic mass is 9.98. The molecule has 5 aromatic carbocycles. The molecule has 0 saturated heterocycles. The zero-order chi connectivity index (χ0) is 31.1. The van der Waals surface area contributed by atoms with Crippen molar-refractivity contribution in [2.24, 2.45) is 0 Å². The lowest BCUT2D eigenvalue weighted by Gasteiger charge is -2.20. The number of alkyl halides is 5. The van der Waals surface area contributed by atoms with Gasteiger partial charge in [0.15, 0.2) is 0 Å². The Hall–Kier alpha value is -4.98. The van der Waals surface area contributed by atoms with E-state index in [0.717, 1.165) is 36.3 Å². The lowest BCUT2D eigenvalue weighted by Crippen LogP contribution is -2.25. The second kappa shape index (κ2) is 11.0. The van der Waals surface area contributed by atoms with Gasteiger partial charge in [-0.2, -0.15) is 22.0 Å². The molecule has 0 unspecified atom stereocenters. The molecule has 0 atom stereocenters. The van der Waals surface area contributed by atoms with Gasteiger partial charge in [-0.3, -0.25) is 0 Å². The van der Waals surface area contributed by atoms with E-state index in [9.17, 15) is 39.5 Å². The summed E-state index contributed by atoms with van der Waals surface area (Å²) in [5.41, 5.74) is -2.62. The predicted octanol–water partition coefficient (Wildman–Crippen LogP) is 9.91. The highest BCUT2D eigenvalue weighted by Gasteiger charge is 2.41. The molecule has 0 aliphatic carbocycles. The molecule has 0 saturated carbocycles. The Kier molecular flexibility index (Phi) is 7.56. The van der Waals surface area contributed by atoms with Crippen molar-refractivity contribution in [3.63, 3.8) is 0 Å². The quantitative estimate of drug-likeness (QED) is 0.143. The Balaban J connectivity index is 1.43. The normalized spacial score (nSPS) is 11.8. The van der Waals surface area contributed by atoms with E-state index >= 15 is 4.39 Å². The first-order valence-electron chi connectivity index (χ1n) is 12.2. The molecule has 0 aliphatic heterocycles. The van der Waals surface area contributed by atoms with Crippen LogP contribution in [0.5, 0.6) is 5.75 Å². The van der Waals surface area contributed by atoms with Gasteiger partial charge in [0.25, 0.3) is 0 Å². The van der Waals surface area contributed by atoms with Crippen molar-refractivity contribution < 1.29 is 48.6 Å². The highest BCUT2D eigenvalue weighted by molar-refractivity contribution is 5.89. The number of ether oxygens (including phenoxy) is 1. The van der Waals surface area contributed by atoms with Crippen LogP contribution in [-0.2, 0) is 6.11 Å². The minimum Gasteiger partial charge on any atom is -0.429 e. The third-order valence-corrected chi connectivity index (χ3v) is 6.30. The summed E-state index contributed by atoms with van der Waals surface area (Å²) < 4.78 is 145. The van der Waals surface area contributed by atoms with Crippen LogP contribution in [0.1, 0.15) is 11.1 Å². The van der Waals surface area contributed by atoms with Crippen LogP contribution in [0.3, 0.4) is 0 Å². The number of hydrogen-bond acceptors (Lipinski definition) is 1. The van der Waals surface area contributed by atoms with Crippen molar-refractivity contribution in [1.29, 1.82) is 0 Å².